The number of rotatable bonds is 3. The third-order valence-corrected chi connectivity index (χ3v) is 14.3. The van der Waals surface area contributed by atoms with Gasteiger partial charge in [-0.1, -0.05) is 46.3 Å². The molecule has 19 unspecified atom stereocenters. The second-order valence-electron chi connectivity index (χ2n) is 15.4. The maximum Gasteiger partial charge on any atom is 0.0649 e. The molecule has 0 aromatic rings. The van der Waals surface area contributed by atoms with Gasteiger partial charge in [0.15, 0.2) is 0 Å². The molecule has 9 rings (SSSR count). The highest BCUT2D eigenvalue weighted by molar-refractivity contribution is 5.28. The van der Waals surface area contributed by atoms with Crippen LogP contribution in [-0.2, 0) is 9.47 Å². The van der Waals surface area contributed by atoms with Crippen molar-refractivity contribution in [1.82, 2.24) is 0 Å². The van der Waals surface area contributed by atoms with Gasteiger partial charge in [-0.05, 0) is 127 Å². The predicted octanol–water partition coefficient (Wildman–Crippen LogP) is 6.45. The van der Waals surface area contributed by atoms with Gasteiger partial charge in [-0.25, -0.2) is 0 Å². The highest BCUT2D eigenvalue weighted by Gasteiger charge is 2.78. The van der Waals surface area contributed by atoms with Gasteiger partial charge in [0.25, 0.3) is 0 Å². The van der Waals surface area contributed by atoms with Crippen molar-refractivity contribution in [2.75, 3.05) is 0 Å². The smallest absolute Gasteiger partial charge is 0.0649 e. The Hall–Kier alpha value is -0.340. The van der Waals surface area contributed by atoms with Crippen LogP contribution in [0.1, 0.15) is 66.2 Å². The van der Waals surface area contributed by atoms with Crippen LogP contribution in [0.25, 0.3) is 0 Å². The summed E-state index contributed by atoms with van der Waals surface area (Å²) in [7, 11) is 0. The first kappa shape index (κ1) is 20.7. The van der Waals surface area contributed by atoms with Crippen molar-refractivity contribution in [3.63, 3.8) is 0 Å². The van der Waals surface area contributed by atoms with E-state index >= 15 is 0 Å². The number of ether oxygens (including phenoxy) is 2. The van der Waals surface area contributed by atoms with Crippen molar-refractivity contribution in [3.05, 3.63) is 12.2 Å². The maximum atomic E-state index is 7.28. The molecule has 8 fully saturated rings. The van der Waals surface area contributed by atoms with E-state index in [1.54, 1.807) is 6.42 Å². The fourth-order valence-corrected chi connectivity index (χ4v) is 13.5. The minimum atomic E-state index is 0.505. The van der Waals surface area contributed by atoms with Crippen molar-refractivity contribution in [2.45, 2.75) is 90.6 Å². The largest absolute Gasteiger partial charge is 0.374 e. The van der Waals surface area contributed by atoms with E-state index in [9.17, 15) is 0 Å². The Morgan fingerprint density at radius 2 is 1.32 bits per heavy atom. The molecule has 0 amide bonds. The summed E-state index contributed by atoms with van der Waals surface area (Å²) < 4.78 is 14.4. The molecule has 0 N–H and O–H groups in total. The fourth-order valence-electron chi connectivity index (χ4n) is 13.5. The van der Waals surface area contributed by atoms with Crippen LogP contribution in [0.3, 0.4) is 0 Å². The predicted molar refractivity (Wildman–Crippen MR) is 133 cm³/mol. The first-order chi connectivity index (χ1) is 16.5. The van der Waals surface area contributed by atoms with Crippen LogP contribution in [0.15, 0.2) is 12.2 Å². The monoisotopic (exact) mass is 462 g/mol. The number of allylic oxidation sites excluding steroid dienone is 2. The Bertz CT molecular complexity index is 909. The highest BCUT2D eigenvalue weighted by Crippen LogP contribution is 2.77. The average molecular weight is 463 g/mol. The molecule has 6 saturated carbocycles. The van der Waals surface area contributed by atoms with Crippen LogP contribution >= 0.6 is 0 Å². The van der Waals surface area contributed by atoms with E-state index in [0.29, 0.717) is 24.4 Å². The minimum Gasteiger partial charge on any atom is -0.374 e. The van der Waals surface area contributed by atoms with Gasteiger partial charge in [0.1, 0.15) is 0 Å². The zero-order valence-electron chi connectivity index (χ0n) is 21.8. The molecular formula is C32H46O2. The lowest BCUT2D eigenvalue weighted by atomic mass is 9.54. The van der Waals surface area contributed by atoms with E-state index in [0.717, 1.165) is 94.7 Å². The summed E-state index contributed by atoms with van der Waals surface area (Å²) in [6, 6.07) is 0. The molecule has 2 heteroatoms. The van der Waals surface area contributed by atoms with Crippen molar-refractivity contribution < 1.29 is 9.47 Å². The van der Waals surface area contributed by atoms with E-state index < -0.39 is 0 Å². The SMILES string of the molecule is CC1CCC(C(C)C)C(OC2C(C)C3CC2C2C4OC(C32)C2C3CC(C5C6C=CC(C6)C35)C42)C1. The molecule has 0 radical (unpaired) electrons. The molecule has 2 heterocycles. The van der Waals surface area contributed by atoms with Crippen LogP contribution in [0.5, 0.6) is 0 Å². The lowest BCUT2D eigenvalue weighted by Gasteiger charge is -2.50. The van der Waals surface area contributed by atoms with Crippen molar-refractivity contribution >= 4 is 0 Å². The Balaban J connectivity index is 1.00. The summed E-state index contributed by atoms with van der Waals surface area (Å²) in [5.41, 5.74) is 0. The van der Waals surface area contributed by atoms with Crippen molar-refractivity contribution in [2.24, 2.45) is 94.7 Å². The Labute approximate surface area is 207 Å². The fraction of sp³-hybridized carbons (Fsp3) is 0.938. The molecule has 9 aliphatic rings. The quantitative estimate of drug-likeness (QED) is 0.354. The summed E-state index contributed by atoms with van der Waals surface area (Å²) in [6.45, 7) is 9.91. The van der Waals surface area contributed by atoms with Crippen molar-refractivity contribution in [3.8, 4) is 0 Å². The average Bonchev–Trinajstić information content (AvgIpc) is 3.64. The summed E-state index contributed by atoms with van der Waals surface area (Å²) in [5.74, 6) is 14.3. The summed E-state index contributed by atoms with van der Waals surface area (Å²) in [4.78, 5) is 0. The first-order valence-corrected chi connectivity index (χ1v) is 15.5. The van der Waals surface area contributed by atoms with Gasteiger partial charge in [-0.2, -0.15) is 0 Å². The molecule has 8 bridgehead atoms. The molecule has 0 aromatic heterocycles. The van der Waals surface area contributed by atoms with Crippen LogP contribution in [0, 0.1) is 94.7 Å². The van der Waals surface area contributed by atoms with E-state index in [1.807, 2.05) is 0 Å². The Morgan fingerprint density at radius 1 is 0.706 bits per heavy atom. The van der Waals surface area contributed by atoms with E-state index in [2.05, 4.69) is 39.8 Å². The Morgan fingerprint density at radius 3 is 2.00 bits per heavy atom. The normalized spacial score (nSPS) is 67.7. The molecule has 0 spiro atoms. The molecule has 19 atom stereocenters. The van der Waals surface area contributed by atoms with E-state index in [-0.39, 0.29) is 0 Å². The molecule has 7 aliphatic carbocycles. The van der Waals surface area contributed by atoms with Crippen LogP contribution in [-0.4, -0.2) is 24.4 Å². The van der Waals surface area contributed by atoms with Crippen LogP contribution in [0.4, 0.5) is 0 Å². The van der Waals surface area contributed by atoms with E-state index in [4.69, 9.17) is 9.47 Å². The van der Waals surface area contributed by atoms with Gasteiger partial charge < -0.3 is 9.47 Å². The van der Waals surface area contributed by atoms with Gasteiger partial charge in [0, 0.05) is 0 Å². The molecule has 34 heavy (non-hydrogen) atoms. The van der Waals surface area contributed by atoms with Gasteiger partial charge in [-0.3, -0.25) is 0 Å². The topological polar surface area (TPSA) is 18.5 Å². The third kappa shape index (κ3) is 2.30. The lowest BCUT2D eigenvalue weighted by molar-refractivity contribution is -0.135. The standard InChI is InChI=1S/C32H46O2/c1-13(2)18-8-5-14(3)9-23(18)33-30-15(4)19-11-22(30)29-26(19)31-27-20-12-21(28(27)32(29)34-31)25-17-7-6-16(10-17)24(20)25/h6-7,13-32H,5,8-12H2,1-4H3. The molecule has 2 aliphatic heterocycles. The minimum absolute atomic E-state index is 0.505. The van der Waals surface area contributed by atoms with Gasteiger partial charge >= 0.3 is 0 Å². The lowest BCUT2D eigenvalue weighted by Crippen LogP contribution is -2.53. The highest BCUT2D eigenvalue weighted by atomic mass is 16.5. The number of fused-ring (bicyclic) bond motifs is 23. The first-order valence-electron chi connectivity index (χ1n) is 15.5. The summed E-state index contributed by atoms with van der Waals surface area (Å²) in [6.07, 6.45) is 16.1. The second-order valence-corrected chi connectivity index (χ2v) is 15.4. The summed E-state index contributed by atoms with van der Waals surface area (Å²) in [5, 5.41) is 0. The molecule has 2 nitrogen and oxygen atoms in total. The van der Waals surface area contributed by atoms with Gasteiger partial charge in [-0.15, -0.1) is 0 Å². The zero-order valence-corrected chi connectivity index (χ0v) is 21.8. The maximum absolute atomic E-state index is 7.28. The van der Waals surface area contributed by atoms with Crippen molar-refractivity contribution in [1.29, 1.82) is 0 Å². The summed E-state index contributed by atoms with van der Waals surface area (Å²) >= 11 is 0. The zero-order chi connectivity index (χ0) is 22.6. The number of hydrogen-bond acceptors (Lipinski definition) is 2. The Kier molecular flexibility index (Phi) is 4.10. The third-order valence-electron chi connectivity index (χ3n) is 14.3. The molecule has 186 valence electrons. The molecule has 0 aromatic carbocycles. The van der Waals surface area contributed by atoms with Crippen LogP contribution < -0.4 is 0 Å². The van der Waals surface area contributed by atoms with Gasteiger partial charge in [0.05, 0.1) is 24.4 Å². The van der Waals surface area contributed by atoms with Gasteiger partial charge in [0.2, 0.25) is 0 Å². The van der Waals surface area contributed by atoms with E-state index in [1.165, 1.54) is 32.1 Å². The molecule has 2 saturated heterocycles. The second kappa shape index (κ2) is 6.75. The number of hydrogen-bond donors (Lipinski definition) is 0. The molecular weight excluding hydrogens is 416 g/mol. The van der Waals surface area contributed by atoms with Crippen LogP contribution in [0.2, 0.25) is 0 Å².